The fourth-order valence-electron chi connectivity index (χ4n) is 1.74. The predicted octanol–water partition coefficient (Wildman–Crippen LogP) is 1.18. The zero-order valence-corrected chi connectivity index (χ0v) is 10.6. The van der Waals surface area contributed by atoms with E-state index in [0.717, 1.165) is 5.39 Å². The van der Waals surface area contributed by atoms with E-state index in [0.29, 0.717) is 17.8 Å². The Labute approximate surface area is 106 Å². The minimum Gasteiger partial charge on any atom is -0.356 e. The normalized spacial score (nSPS) is 12.6. The third-order valence-electron chi connectivity index (χ3n) is 3.17. The average molecular weight is 247 g/mol. The van der Waals surface area contributed by atoms with Crippen LogP contribution in [0.2, 0.25) is 0 Å². The molecule has 18 heavy (non-hydrogen) atoms. The molecule has 1 aromatic heterocycles. The highest BCUT2D eigenvalue weighted by Crippen LogP contribution is 2.18. The first-order chi connectivity index (χ1) is 8.63. The average Bonchev–Trinajstić information content (AvgIpc) is 2.80. The molecule has 5 nitrogen and oxygen atoms in total. The van der Waals surface area contributed by atoms with Crippen LogP contribution in [0.1, 0.15) is 12.6 Å². The lowest BCUT2D eigenvalue weighted by Crippen LogP contribution is -2.40. The Morgan fingerprint density at radius 3 is 2.94 bits per heavy atom. The number of hydrogen-bond donors (Lipinski definition) is 1. The Balaban J connectivity index is 2.16. The van der Waals surface area contributed by atoms with Crippen LogP contribution in [-0.4, -0.2) is 35.6 Å². The largest absolute Gasteiger partial charge is 0.356 e. The molecular formula is C13H17N3O2. The second-order valence-corrected chi connectivity index (χ2v) is 4.39. The van der Waals surface area contributed by atoms with Gasteiger partial charge in [0.2, 0.25) is 5.91 Å². The van der Waals surface area contributed by atoms with Crippen molar-refractivity contribution in [3.05, 3.63) is 30.0 Å². The number of rotatable bonds is 4. The lowest BCUT2D eigenvalue weighted by atomic mass is 10.1. The van der Waals surface area contributed by atoms with Crippen LogP contribution in [0.15, 0.2) is 28.8 Å². The second-order valence-electron chi connectivity index (χ2n) is 4.39. The summed E-state index contributed by atoms with van der Waals surface area (Å²) < 4.78 is 5.17. The maximum absolute atomic E-state index is 12.0. The van der Waals surface area contributed by atoms with Crippen LogP contribution in [0.25, 0.3) is 11.0 Å². The second kappa shape index (κ2) is 5.18. The molecule has 0 saturated heterocycles. The zero-order chi connectivity index (χ0) is 13.1. The van der Waals surface area contributed by atoms with Gasteiger partial charge in [-0.2, -0.15) is 0 Å². The molecule has 0 aliphatic rings. The van der Waals surface area contributed by atoms with Crippen molar-refractivity contribution in [3.8, 4) is 0 Å². The van der Waals surface area contributed by atoms with Gasteiger partial charge in [-0.1, -0.05) is 17.3 Å². The molecule has 1 heterocycles. The van der Waals surface area contributed by atoms with E-state index in [1.165, 1.54) is 0 Å². The van der Waals surface area contributed by atoms with Gasteiger partial charge >= 0.3 is 0 Å². The van der Waals surface area contributed by atoms with Gasteiger partial charge in [0.25, 0.3) is 0 Å². The van der Waals surface area contributed by atoms with Crippen molar-refractivity contribution in [3.63, 3.8) is 0 Å². The first-order valence-electron chi connectivity index (χ1n) is 5.92. The summed E-state index contributed by atoms with van der Waals surface area (Å²) in [5, 5.41) is 4.84. The number of hydrogen-bond acceptors (Lipinski definition) is 4. The van der Waals surface area contributed by atoms with Gasteiger partial charge in [-0.3, -0.25) is 4.79 Å². The zero-order valence-electron chi connectivity index (χ0n) is 10.6. The Kier molecular flexibility index (Phi) is 3.62. The van der Waals surface area contributed by atoms with Crippen LogP contribution in [0, 0.1) is 0 Å². The molecule has 1 aromatic carbocycles. The number of nitrogens with zero attached hydrogens (tertiary/aromatic N) is 2. The highest BCUT2D eigenvalue weighted by atomic mass is 16.5. The van der Waals surface area contributed by atoms with Crippen LogP contribution >= 0.6 is 0 Å². The van der Waals surface area contributed by atoms with E-state index < -0.39 is 0 Å². The Morgan fingerprint density at radius 1 is 1.50 bits per heavy atom. The third-order valence-corrected chi connectivity index (χ3v) is 3.17. The van der Waals surface area contributed by atoms with Gasteiger partial charge in [-0.05, 0) is 19.1 Å². The summed E-state index contributed by atoms with van der Waals surface area (Å²) in [5.74, 6) is -0.00740. The number of carbonyl (C=O) groups excluding carboxylic acids is 1. The molecule has 96 valence electrons. The standard InChI is InChI=1S/C13H17N3O2/c1-9(8-14)16(2)13(17)7-11-10-5-3-4-6-12(10)18-15-11/h3-6,9H,7-8,14H2,1-2H3. The van der Waals surface area contributed by atoms with Gasteiger partial charge < -0.3 is 15.2 Å². The maximum atomic E-state index is 12.0. The van der Waals surface area contributed by atoms with Crippen LogP contribution in [0.5, 0.6) is 0 Å². The van der Waals surface area contributed by atoms with E-state index in [1.807, 2.05) is 31.2 Å². The molecule has 5 heteroatoms. The monoisotopic (exact) mass is 247 g/mol. The van der Waals surface area contributed by atoms with Gasteiger partial charge in [0.1, 0.15) is 5.69 Å². The molecule has 0 saturated carbocycles. The summed E-state index contributed by atoms with van der Waals surface area (Å²) in [6.07, 6.45) is 0.234. The molecule has 2 N–H and O–H groups in total. The molecular weight excluding hydrogens is 230 g/mol. The summed E-state index contributed by atoms with van der Waals surface area (Å²) in [6.45, 7) is 2.36. The van der Waals surface area contributed by atoms with Crippen molar-refractivity contribution in [2.75, 3.05) is 13.6 Å². The first-order valence-corrected chi connectivity index (χ1v) is 5.92. The number of para-hydroxylation sites is 1. The molecule has 0 bridgehead atoms. The van der Waals surface area contributed by atoms with E-state index in [9.17, 15) is 4.79 Å². The molecule has 0 aliphatic carbocycles. The summed E-state index contributed by atoms with van der Waals surface area (Å²) in [4.78, 5) is 13.7. The van der Waals surface area contributed by atoms with E-state index in [4.69, 9.17) is 10.3 Å². The summed E-state index contributed by atoms with van der Waals surface area (Å²) in [7, 11) is 1.75. The van der Waals surface area contributed by atoms with Gasteiger partial charge in [-0.15, -0.1) is 0 Å². The fourth-order valence-corrected chi connectivity index (χ4v) is 1.74. The topological polar surface area (TPSA) is 72.4 Å². The van der Waals surface area contributed by atoms with E-state index >= 15 is 0 Å². The van der Waals surface area contributed by atoms with Crippen LogP contribution in [-0.2, 0) is 11.2 Å². The molecule has 2 aromatic rings. The van der Waals surface area contributed by atoms with Crippen LogP contribution < -0.4 is 5.73 Å². The lowest BCUT2D eigenvalue weighted by molar-refractivity contribution is -0.130. The first kappa shape index (κ1) is 12.6. The Bertz CT molecular complexity index is 550. The molecule has 0 aliphatic heterocycles. The molecule has 1 atom stereocenters. The van der Waals surface area contributed by atoms with E-state index in [-0.39, 0.29) is 18.4 Å². The molecule has 0 fully saturated rings. The maximum Gasteiger partial charge on any atom is 0.228 e. The number of aromatic nitrogens is 1. The van der Waals surface area contributed by atoms with Gasteiger partial charge in [-0.25, -0.2) is 0 Å². The van der Waals surface area contributed by atoms with E-state index in [1.54, 1.807) is 11.9 Å². The van der Waals surface area contributed by atoms with E-state index in [2.05, 4.69) is 5.16 Å². The third kappa shape index (κ3) is 2.36. The number of amides is 1. The number of likely N-dealkylation sites (N-methyl/N-ethyl adjacent to an activating group) is 1. The van der Waals surface area contributed by atoms with Crippen molar-refractivity contribution >= 4 is 16.9 Å². The minimum atomic E-state index is -0.00740. The predicted molar refractivity (Wildman–Crippen MR) is 69.0 cm³/mol. The minimum absolute atomic E-state index is 0.00740. The summed E-state index contributed by atoms with van der Waals surface area (Å²) >= 11 is 0. The molecule has 0 spiro atoms. The van der Waals surface area contributed by atoms with Gasteiger partial charge in [0, 0.05) is 25.0 Å². The molecule has 0 radical (unpaired) electrons. The number of fused-ring (bicyclic) bond motifs is 1. The van der Waals surface area contributed by atoms with Crippen LogP contribution in [0.4, 0.5) is 0 Å². The lowest BCUT2D eigenvalue weighted by Gasteiger charge is -2.23. The quantitative estimate of drug-likeness (QED) is 0.880. The van der Waals surface area contributed by atoms with Gasteiger partial charge in [0.15, 0.2) is 5.58 Å². The Morgan fingerprint density at radius 2 is 2.22 bits per heavy atom. The molecule has 1 unspecified atom stereocenters. The summed E-state index contributed by atoms with van der Waals surface area (Å²) in [6, 6.07) is 7.54. The highest BCUT2D eigenvalue weighted by Gasteiger charge is 2.18. The van der Waals surface area contributed by atoms with Crippen molar-refractivity contribution in [2.24, 2.45) is 5.73 Å². The SMILES string of the molecule is CC(CN)N(C)C(=O)Cc1noc2ccccc12. The number of nitrogens with two attached hydrogens (primary N) is 1. The van der Waals surface area contributed by atoms with Crippen molar-refractivity contribution < 1.29 is 9.32 Å². The van der Waals surface area contributed by atoms with Crippen LogP contribution in [0.3, 0.4) is 0 Å². The number of carbonyl (C=O) groups is 1. The smallest absolute Gasteiger partial charge is 0.228 e. The number of benzene rings is 1. The Hall–Kier alpha value is -1.88. The van der Waals surface area contributed by atoms with Gasteiger partial charge in [0.05, 0.1) is 6.42 Å². The molecule has 2 rings (SSSR count). The highest BCUT2D eigenvalue weighted by molar-refractivity contribution is 5.86. The molecule has 1 amide bonds. The fraction of sp³-hybridized carbons (Fsp3) is 0.385. The van der Waals surface area contributed by atoms with Crippen molar-refractivity contribution in [1.29, 1.82) is 0 Å². The summed E-state index contributed by atoms with van der Waals surface area (Å²) in [5.41, 5.74) is 6.92. The van der Waals surface area contributed by atoms with Crippen molar-refractivity contribution in [2.45, 2.75) is 19.4 Å². The van der Waals surface area contributed by atoms with Crippen molar-refractivity contribution in [1.82, 2.24) is 10.1 Å².